The summed E-state index contributed by atoms with van der Waals surface area (Å²) >= 11 is 1.24. The van der Waals surface area contributed by atoms with Crippen LogP contribution < -0.4 is 10.1 Å². The van der Waals surface area contributed by atoms with Crippen LogP contribution >= 0.6 is 11.8 Å². The Morgan fingerprint density at radius 3 is 2.50 bits per heavy atom. The summed E-state index contributed by atoms with van der Waals surface area (Å²) < 4.78 is 7.72. The zero-order valence-electron chi connectivity index (χ0n) is 16.7. The van der Waals surface area contributed by atoms with Gasteiger partial charge in [0.15, 0.2) is 17.1 Å². The molecule has 0 fully saturated rings. The molecule has 10 heteroatoms. The van der Waals surface area contributed by atoms with Crippen LogP contribution in [0.2, 0.25) is 0 Å². The van der Waals surface area contributed by atoms with Crippen LogP contribution in [0.3, 0.4) is 0 Å². The second-order valence-corrected chi connectivity index (χ2v) is 7.56. The highest BCUT2D eigenvalue weighted by Gasteiger charge is 2.18. The maximum absolute atomic E-state index is 12.2. The van der Waals surface area contributed by atoms with E-state index in [0.29, 0.717) is 16.7 Å². The number of anilines is 1. The number of carbonyl (C=O) groups excluding carboxylic acids is 1. The Labute approximate surface area is 177 Å². The van der Waals surface area contributed by atoms with Crippen molar-refractivity contribution >= 4 is 29.0 Å². The summed E-state index contributed by atoms with van der Waals surface area (Å²) in [5.74, 6) is 1.26. The van der Waals surface area contributed by atoms with Crippen LogP contribution in [0.25, 0.3) is 0 Å². The summed E-state index contributed by atoms with van der Waals surface area (Å²) in [7, 11) is 1.82. The number of nitro benzene ring substituents is 1. The van der Waals surface area contributed by atoms with Gasteiger partial charge in [0, 0.05) is 24.9 Å². The Bertz CT molecular complexity index is 1030. The fraction of sp³-hybridized carbons (Fsp3) is 0.250. The number of thioether (sulfide) groups is 1. The molecule has 0 radical (unpaired) electrons. The second kappa shape index (κ2) is 9.40. The molecular weight excluding hydrogens is 406 g/mol. The lowest BCUT2D eigenvalue weighted by molar-refractivity contribution is -0.384. The molecule has 0 saturated heterocycles. The molecule has 1 unspecified atom stereocenters. The number of nitrogens with zero attached hydrogens (tertiary/aromatic N) is 4. The highest BCUT2D eigenvalue weighted by atomic mass is 32.2. The van der Waals surface area contributed by atoms with Gasteiger partial charge in [-0.15, -0.1) is 10.2 Å². The minimum Gasteiger partial charge on any atom is -0.483 e. The zero-order chi connectivity index (χ0) is 21.7. The van der Waals surface area contributed by atoms with Gasteiger partial charge < -0.3 is 14.6 Å². The Morgan fingerprint density at radius 2 is 1.87 bits per heavy atom. The quantitative estimate of drug-likeness (QED) is 0.329. The van der Waals surface area contributed by atoms with Crippen LogP contribution in [-0.2, 0) is 11.8 Å². The van der Waals surface area contributed by atoms with E-state index in [2.05, 4.69) is 15.5 Å². The number of carbonyl (C=O) groups is 1. The third-order valence-corrected chi connectivity index (χ3v) is 5.28. The molecule has 9 nitrogen and oxygen atoms in total. The number of ether oxygens (including phenoxy) is 1. The van der Waals surface area contributed by atoms with Gasteiger partial charge in [0.1, 0.15) is 5.75 Å². The number of amides is 1. The molecule has 0 saturated carbocycles. The number of hydrogen-bond donors (Lipinski definition) is 1. The summed E-state index contributed by atoms with van der Waals surface area (Å²) in [5, 5.41) is 22.3. The highest BCUT2D eigenvalue weighted by molar-refractivity contribution is 7.99. The molecule has 0 aliphatic heterocycles. The first-order valence-electron chi connectivity index (χ1n) is 9.13. The molecule has 0 bridgehead atoms. The Morgan fingerprint density at radius 1 is 1.20 bits per heavy atom. The van der Waals surface area contributed by atoms with E-state index in [1.54, 1.807) is 4.57 Å². The molecule has 1 aromatic heterocycles. The molecule has 3 rings (SSSR count). The van der Waals surface area contributed by atoms with Gasteiger partial charge in [-0.2, -0.15) is 0 Å². The van der Waals surface area contributed by atoms with Crippen LogP contribution in [0.4, 0.5) is 11.4 Å². The molecule has 30 heavy (non-hydrogen) atoms. The van der Waals surface area contributed by atoms with Crippen molar-refractivity contribution in [2.75, 3.05) is 11.1 Å². The van der Waals surface area contributed by atoms with Gasteiger partial charge in [-0.05, 0) is 38.1 Å². The van der Waals surface area contributed by atoms with Crippen molar-refractivity contribution in [1.82, 2.24) is 14.8 Å². The van der Waals surface area contributed by atoms with Crippen molar-refractivity contribution in [3.8, 4) is 5.75 Å². The molecular formula is C20H21N5O4S. The summed E-state index contributed by atoms with van der Waals surface area (Å²) in [6.07, 6.45) is -0.312. The predicted molar refractivity (Wildman–Crippen MR) is 114 cm³/mol. The first kappa shape index (κ1) is 21.3. The maximum atomic E-state index is 12.2. The van der Waals surface area contributed by atoms with E-state index in [-0.39, 0.29) is 23.5 Å². The van der Waals surface area contributed by atoms with Gasteiger partial charge >= 0.3 is 0 Å². The van der Waals surface area contributed by atoms with Gasteiger partial charge in [0.2, 0.25) is 5.91 Å². The fourth-order valence-corrected chi connectivity index (χ4v) is 3.39. The largest absolute Gasteiger partial charge is 0.483 e. The molecule has 3 aromatic rings. The molecule has 0 aliphatic carbocycles. The topological polar surface area (TPSA) is 112 Å². The standard InChI is InChI=1S/C20H21N5O4S/c1-13-4-10-17(11-5-13)29-14(2)19-22-23-20(24(19)3)30-12-18(26)21-15-6-8-16(9-7-15)25(27)28/h4-11,14H,12H2,1-3H3,(H,21,26). The zero-order valence-corrected chi connectivity index (χ0v) is 17.5. The molecule has 1 amide bonds. The van der Waals surface area contributed by atoms with Crippen LogP contribution in [0.15, 0.2) is 53.7 Å². The van der Waals surface area contributed by atoms with Gasteiger partial charge in [-0.25, -0.2) is 0 Å². The third-order valence-electron chi connectivity index (χ3n) is 4.26. The Hall–Kier alpha value is -3.40. The van der Waals surface area contributed by atoms with Gasteiger partial charge in [0.25, 0.3) is 5.69 Å². The lowest BCUT2D eigenvalue weighted by atomic mass is 10.2. The fourth-order valence-electron chi connectivity index (χ4n) is 2.67. The van der Waals surface area contributed by atoms with E-state index in [9.17, 15) is 14.9 Å². The summed E-state index contributed by atoms with van der Waals surface area (Å²) in [6.45, 7) is 3.90. The number of non-ortho nitro benzene ring substituents is 1. The van der Waals surface area contributed by atoms with Gasteiger partial charge in [-0.3, -0.25) is 14.9 Å². The highest BCUT2D eigenvalue weighted by Crippen LogP contribution is 2.24. The van der Waals surface area contributed by atoms with Crippen molar-refractivity contribution < 1.29 is 14.5 Å². The SMILES string of the molecule is Cc1ccc(OC(C)c2nnc(SCC(=O)Nc3ccc([N+](=O)[O-])cc3)n2C)cc1. The first-order chi connectivity index (χ1) is 14.3. The number of hydrogen-bond acceptors (Lipinski definition) is 7. The molecule has 2 aromatic carbocycles. The molecule has 0 spiro atoms. The van der Waals surface area contributed by atoms with E-state index in [1.807, 2.05) is 45.2 Å². The van der Waals surface area contributed by atoms with Crippen LogP contribution in [0, 0.1) is 17.0 Å². The van der Waals surface area contributed by atoms with Crippen molar-refractivity contribution in [2.45, 2.75) is 25.1 Å². The Kier molecular flexibility index (Phi) is 6.68. The number of nitro groups is 1. The van der Waals surface area contributed by atoms with Crippen molar-refractivity contribution in [3.05, 3.63) is 70.0 Å². The lowest BCUT2D eigenvalue weighted by Gasteiger charge is -2.14. The third kappa shape index (κ3) is 5.35. The Balaban J connectivity index is 1.55. The van der Waals surface area contributed by atoms with E-state index < -0.39 is 4.92 Å². The predicted octanol–water partition coefficient (Wildman–Crippen LogP) is 3.90. The summed E-state index contributed by atoms with van der Waals surface area (Å²) in [4.78, 5) is 22.4. The van der Waals surface area contributed by atoms with E-state index >= 15 is 0 Å². The van der Waals surface area contributed by atoms with Crippen molar-refractivity contribution in [1.29, 1.82) is 0 Å². The monoisotopic (exact) mass is 427 g/mol. The van der Waals surface area contributed by atoms with E-state index in [1.165, 1.54) is 36.0 Å². The summed E-state index contributed by atoms with van der Waals surface area (Å²) in [5.41, 5.74) is 1.61. The summed E-state index contributed by atoms with van der Waals surface area (Å²) in [6, 6.07) is 13.4. The van der Waals surface area contributed by atoms with Crippen LogP contribution in [-0.4, -0.2) is 31.3 Å². The molecule has 156 valence electrons. The average Bonchev–Trinajstić information content (AvgIpc) is 3.09. The van der Waals surface area contributed by atoms with Crippen LogP contribution in [0.5, 0.6) is 5.75 Å². The van der Waals surface area contributed by atoms with E-state index in [4.69, 9.17) is 4.74 Å². The lowest BCUT2D eigenvalue weighted by Crippen LogP contribution is -2.15. The molecule has 1 heterocycles. The molecule has 1 N–H and O–H groups in total. The van der Waals surface area contributed by atoms with Gasteiger partial charge in [-0.1, -0.05) is 29.5 Å². The number of nitrogens with one attached hydrogen (secondary N) is 1. The minimum atomic E-state index is -0.489. The number of aryl methyl sites for hydroxylation is 1. The molecule has 1 atom stereocenters. The van der Waals surface area contributed by atoms with Crippen LogP contribution in [0.1, 0.15) is 24.4 Å². The van der Waals surface area contributed by atoms with Gasteiger partial charge in [0.05, 0.1) is 10.7 Å². The number of aromatic nitrogens is 3. The first-order valence-corrected chi connectivity index (χ1v) is 10.1. The maximum Gasteiger partial charge on any atom is 0.269 e. The van der Waals surface area contributed by atoms with E-state index in [0.717, 1.165) is 11.3 Å². The number of rotatable bonds is 8. The number of benzene rings is 2. The van der Waals surface area contributed by atoms with Crippen molar-refractivity contribution in [2.24, 2.45) is 7.05 Å². The minimum absolute atomic E-state index is 0.0315. The second-order valence-electron chi connectivity index (χ2n) is 6.61. The normalized spacial score (nSPS) is 11.7. The molecule has 0 aliphatic rings. The smallest absolute Gasteiger partial charge is 0.269 e. The average molecular weight is 427 g/mol. The van der Waals surface area contributed by atoms with Crippen molar-refractivity contribution in [3.63, 3.8) is 0 Å².